The van der Waals surface area contributed by atoms with Gasteiger partial charge in [-0.1, -0.05) is 42.6 Å². The van der Waals surface area contributed by atoms with Crippen LogP contribution in [-0.2, 0) is 14.3 Å². The first-order valence-electron chi connectivity index (χ1n) is 7.74. The van der Waals surface area contributed by atoms with Crippen LogP contribution in [-0.4, -0.2) is 30.6 Å². The van der Waals surface area contributed by atoms with Gasteiger partial charge in [0, 0.05) is 17.1 Å². The topological polar surface area (TPSA) is 84.5 Å². The van der Waals surface area contributed by atoms with Crippen molar-refractivity contribution in [1.29, 1.82) is 0 Å². The van der Waals surface area contributed by atoms with Crippen LogP contribution in [0.5, 0.6) is 0 Å². The first kappa shape index (κ1) is 18.0. The average molecular weight is 351 g/mol. The zero-order valence-corrected chi connectivity index (χ0v) is 13.8. The van der Waals surface area contributed by atoms with Gasteiger partial charge in [-0.25, -0.2) is 9.59 Å². The Morgan fingerprint density at radius 2 is 1.92 bits per heavy atom. The second-order valence-corrected chi connectivity index (χ2v) is 5.87. The van der Waals surface area contributed by atoms with Crippen molar-refractivity contribution in [2.45, 2.75) is 31.7 Å². The van der Waals surface area contributed by atoms with Crippen molar-refractivity contribution in [3.05, 3.63) is 40.9 Å². The second kappa shape index (κ2) is 9.08. The minimum atomic E-state index is -0.693. The van der Waals surface area contributed by atoms with E-state index in [4.69, 9.17) is 16.3 Å². The van der Waals surface area contributed by atoms with Crippen LogP contribution in [0.4, 0.5) is 4.79 Å². The first-order valence-corrected chi connectivity index (χ1v) is 8.12. The van der Waals surface area contributed by atoms with E-state index in [0.717, 1.165) is 25.7 Å². The molecule has 1 fully saturated rings. The monoisotopic (exact) mass is 350 g/mol. The smallest absolute Gasteiger partial charge is 0.331 e. The molecular weight excluding hydrogens is 332 g/mol. The third kappa shape index (κ3) is 6.04. The number of urea groups is 1. The number of carbonyl (C=O) groups is 3. The lowest BCUT2D eigenvalue weighted by molar-refractivity contribution is -0.143. The molecule has 1 aliphatic carbocycles. The number of ether oxygens (including phenoxy) is 1. The fourth-order valence-corrected chi connectivity index (χ4v) is 2.61. The standard InChI is InChI=1S/C17H19ClN2O4/c18-14-8-4-1-5-12(14)9-10-16(22)24-11-15(21)20-17(23)19-13-6-2-3-7-13/h1,4-5,8-10,13H,2-3,6-7,11H2,(H2,19,20,21,23)/b10-9+. The van der Waals surface area contributed by atoms with Crippen molar-refractivity contribution >= 4 is 35.6 Å². The van der Waals surface area contributed by atoms with Crippen molar-refractivity contribution in [2.24, 2.45) is 0 Å². The average Bonchev–Trinajstić information content (AvgIpc) is 3.05. The molecule has 24 heavy (non-hydrogen) atoms. The molecule has 0 saturated heterocycles. The molecular formula is C17H19ClN2O4. The van der Waals surface area contributed by atoms with Crippen LogP contribution >= 0.6 is 11.6 Å². The number of imide groups is 1. The highest BCUT2D eigenvalue weighted by Crippen LogP contribution is 2.17. The maximum atomic E-state index is 11.6. The Morgan fingerprint density at radius 3 is 2.62 bits per heavy atom. The summed E-state index contributed by atoms with van der Waals surface area (Å²) < 4.78 is 4.78. The molecule has 0 heterocycles. The Kier molecular flexibility index (Phi) is 6.81. The fourth-order valence-electron chi connectivity index (χ4n) is 2.41. The second-order valence-electron chi connectivity index (χ2n) is 5.47. The van der Waals surface area contributed by atoms with Crippen LogP contribution in [0.2, 0.25) is 5.02 Å². The van der Waals surface area contributed by atoms with Gasteiger partial charge in [0.1, 0.15) is 0 Å². The summed E-state index contributed by atoms with van der Waals surface area (Å²) in [6.45, 7) is -0.524. The molecule has 1 aliphatic rings. The van der Waals surface area contributed by atoms with Crippen molar-refractivity contribution in [3.8, 4) is 0 Å². The first-order chi connectivity index (χ1) is 11.5. The number of amides is 3. The quantitative estimate of drug-likeness (QED) is 0.631. The minimum Gasteiger partial charge on any atom is -0.452 e. The maximum Gasteiger partial charge on any atom is 0.331 e. The van der Waals surface area contributed by atoms with Gasteiger partial charge in [-0.05, 0) is 30.5 Å². The molecule has 3 amide bonds. The Bertz CT molecular complexity index is 639. The van der Waals surface area contributed by atoms with Gasteiger partial charge >= 0.3 is 12.0 Å². The molecule has 1 aromatic rings. The molecule has 0 spiro atoms. The fraction of sp³-hybridized carbons (Fsp3) is 0.353. The molecule has 2 rings (SSSR count). The van der Waals surface area contributed by atoms with E-state index in [-0.39, 0.29) is 6.04 Å². The summed E-state index contributed by atoms with van der Waals surface area (Å²) in [6.07, 6.45) is 6.66. The van der Waals surface area contributed by atoms with Gasteiger partial charge in [-0.2, -0.15) is 0 Å². The van der Waals surface area contributed by atoms with E-state index in [0.29, 0.717) is 10.6 Å². The zero-order valence-electron chi connectivity index (χ0n) is 13.1. The SMILES string of the molecule is O=C(COC(=O)/C=C/c1ccccc1Cl)NC(=O)NC1CCCC1. The summed E-state index contributed by atoms with van der Waals surface area (Å²) in [6, 6.07) is 6.55. The highest BCUT2D eigenvalue weighted by atomic mass is 35.5. The number of esters is 1. The van der Waals surface area contributed by atoms with E-state index in [1.807, 2.05) is 0 Å². The number of nitrogens with one attached hydrogen (secondary N) is 2. The Balaban J connectivity index is 1.70. The Labute approximate surface area is 145 Å². The molecule has 7 heteroatoms. The lowest BCUT2D eigenvalue weighted by atomic mass is 10.2. The molecule has 0 radical (unpaired) electrons. The summed E-state index contributed by atoms with van der Waals surface area (Å²) in [4.78, 5) is 34.7. The lowest BCUT2D eigenvalue weighted by Gasteiger charge is -2.12. The van der Waals surface area contributed by atoms with Crippen molar-refractivity contribution in [2.75, 3.05) is 6.61 Å². The largest absolute Gasteiger partial charge is 0.452 e. The number of benzene rings is 1. The van der Waals surface area contributed by atoms with Crippen LogP contribution in [0.25, 0.3) is 6.08 Å². The van der Waals surface area contributed by atoms with Crippen molar-refractivity contribution < 1.29 is 19.1 Å². The lowest BCUT2D eigenvalue weighted by Crippen LogP contribution is -2.44. The van der Waals surface area contributed by atoms with E-state index in [2.05, 4.69) is 10.6 Å². The number of rotatable bonds is 5. The van der Waals surface area contributed by atoms with E-state index in [1.165, 1.54) is 12.2 Å². The van der Waals surface area contributed by atoms with Crippen LogP contribution in [0.15, 0.2) is 30.3 Å². The molecule has 128 valence electrons. The van der Waals surface area contributed by atoms with E-state index in [1.54, 1.807) is 24.3 Å². The Morgan fingerprint density at radius 1 is 1.21 bits per heavy atom. The number of hydrogen-bond acceptors (Lipinski definition) is 4. The van der Waals surface area contributed by atoms with Crippen LogP contribution in [0.3, 0.4) is 0 Å². The maximum absolute atomic E-state index is 11.6. The Hall–Kier alpha value is -2.34. The molecule has 0 atom stereocenters. The van der Waals surface area contributed by atoms with Crippen LogP contribution in [0, 0.1) is 0 Å². The van der Waals surface area contributed by atoms with Crippen LogP contribution in [0.1, 0.15) is 31.2 Å². The predicted molar refractivity (Wildman–Crippen MR) is 90.4 cm³/mol. The van der Waals surface area contributed by atoms with Crippen molar-refractivity contribution in [1.82, 2.24) is 10.6 Å². The summed E-state index contributed by atoms with van der Waals surface area (Å²) >= 11 is 5.95. The van der Waals surface area contributed by atoms with E-state index < -0.39 is 24.5 Å². The molecule has 0 unspecified atom stereocenters. The minimum absolute atomic E-state index is 0.110. The van der Waals surface area contributed by atoms with Gasteiger partial charge in [0.25, 0.3) is 5.91 Å². The van der Waals surface area contributed by atoms with Crippen molar-refractivity contribution in [3.63, 3.8) is 0 Å². The van der Waals surface area contributed by atoms with Gasteiger partial charge in [-0.15, -0.1) is 0 Å². The molecule has 0 aliphatic heterocycles. The third-order valence-corrected chi connectivity index (χ3v) is 3.94. The number of hydrogen-bond donors (Lipinski definition) is 2. The van der Waals surface area contributed by atoms with Gasteiger partial charge in [0.15, 0.2) is 6.61 Å². The van der Waals surface area contributed by atoms with Crippen LogP contribution < -0.4 is 10.6 Å². The van der Waals surface area contributed by atoms with E-state index in [9.17, 15) is 14.4 Å². The van der Waals surface area contributed by atoms with Gasteiger partial charge < -0.3 is 10.1 Å². The summed E-state index contributed by atoms with van der Waals surface area (Å²) in [5, 5.41) is 5.35. The van der Waals surface area contributed by atoms with Gasteiger partial charge in [-0.3, -0.25) is 10.1 Å². The third-order valence-electron chi connectivity index (χ3n) is 3.59. The summed E-state index contributed by atoms with van der Waals surface area (Å²) in [7, 11) is 0. The molecule has 0 bridgehead atoms. The van der Waals surface area contributed by atoms with Gasteiger partial charge in [0.2, 0.25) is 0 Å². The zero-order chi connectivity index (χ0) is 17.4. The number of carbonyl (C=O) groups excluding carboxylic acids is 3. The summed E-state index contributed by atoms with van der Waals surface area (Å²) in [5.41, 5.74) is 0.663. The highest BCUT2D eigenvalue weighted by molar-refractivity contribution is 6.32. The molecule has 1 saturated carbocycles. The highest BCUT2D eigenvalue weighted by Gasteiger charge is 2.18. The molecule has 1 aromatic carbocycles. The summed E-state index contributed by atoms with van der Waals surface area (Å²) in [5.74, 6) is -1.37. The molecule has 0 aromatic heterocycles. The predicted octanol–water partition coefficient (Wildman–Crippen LogP) is 2.66. The van der Waals surface area contributed by atoms with E-state index >= 15 is 0 Å². The normalized spacial score (nSPS) is 14.5. The molecule has 6 nitrogen and oxygen atoms in total. The molecule has 2 N–H and O–H groups in total. The van der Waals surface area contributed by atoms with Gasteiger partial charge in [0.05, 0.1) is 0 Å². The number of halogens is 1.